The van der Waals surface area contributed by atoms with Gasteiger partial charge in [0.1, 0.15) is 0 Å². The van der Waals surface area contributed by atoms with Crippen molar-refractivity contribution in [1.29, 1.82) is 0 Å². The molecule has 1 aliphatic carbocycles. The van der Waals surface area contributed by atoms with Crippen LogP contribution < -0.4 is 4.57 Å². The second kappa shape index (κ2) is 6.29. The maximum atomic E-state index is 11.1. The van der Waals surface area contributed by atoms with E-state index in [4.69, 9.17) is 10.2 Å². The molecule has 142 valence electrons. The summed E-state index contributed by atoms with van der Waals surface area (Å²) in [5.74, 6) is -3.80. The summed E-state index contributed by atoms with van der Waals surface area (Å²) in [6.45, 7) is 0. The van der Waals surface area contributed by atoms with Crippen molar-refractivity contribution in [3.05, 3.63) is 36.7 Å². The van der Waals surface area contributed by atoms with Crippen molar-refractivity contribution in [3.63, 3.8) is 0 Å². The SMILES string of the molecule is F[P-](F)(F)(F)(F)F.O=C(O)[C@H]1CC=C([n+]2ccccc2)C[C@H]1C(=O)O. The van der Waals surface area contributed by atoms with Crippen molar-refractivity contribution in [3.8, 4) is 0 Å². The molecule has 1 aliphatic rings. The summed E-state index contributed by atoms with van der Waals surface area (Å²) >= 11 is 0. The maximum absolute atomic E-state index is 11.1. The van der Waals surface area contributed by atoms with E-state index >= 15 is 0 Å². The number of carboxylic acid groups (broad SMARTS) is 2. The van der Waals surface area contributed by atoms with Crippen LogP contribution in [0.3, 0.4) is 0 Å². The van der Waals surface area contributed by atoms with Gasteiger partial charge in [0.2, 0.25) is 0 Å². The fourth-order valence-corrected chi connectivity index (χ4v) is 2.21. The van der Waals surface area contributed by atoms with Crippen LogP contribution in [0.5, 0.6) is 0 Å². The van der Waals surface area contributed by atoms with Crippen molar-refractivity contribution in [2.45, 2.75) is 12.8 Å². The number of carbonyl (C=O) groups is 2. The standard InChI is InChI=1S/C13H13NO4.F6P/c15-12(16)10-5-4-9(8-11(10)13(17)18)14-6-2-1-3-7-14;1-7(2,3,4,5)6/h1-4,6-7,10-11H,5,8H2,(H-,15,16,17,18);/q;-1/p+1/t10-,11+;/m0./s1. The zero-order valence-electron chi connectivity index (χ0n) is 12.4. The summed E-state index contributed by atoms with van der Waals surface area (Å²) in [5, 5.41) is 18.1. The molecular formula is C13H14F6NO4P. The summed E-state index contributed by atoms with van der Waals surface area (Å²) in [5.41, 5.74) is 0.834. The first-order valence-electron chi connectivity index (χ1n) is 6.72. The zero-order chi connectivity index (χ0) is 19.5. The van der Waals surface area contributed by atoms with Crippen LogP contribution in [0.15, 0.2) is 36.7 Å². The van der Waals surface area contributed by atoms with Gasteiger partial charge in [-0.1, -0.05) is 6.07 Å². The molecule has 2 atom stereocenters. The molecule has 0 fully saturated rings. The number of aliphatic carboxylic acids is 2. The van der Waals surface area contributed by atoms with E-state index in [0.717, 1.165) is 5.70 Å². The topological polar surface area (TPSA) is 78.5 Å². The number of aromatic nitrogens is 1. The molecule has 25 heavy (non-hydrogen) atoms. The van der Waals surface area contributed by atoms with Crippen LogP contribution in [0.2, 0.25) is 0 Å². The molecule has 2 N–H and O–H groups in total. The van der Waals surface area contributed by atoms with E-state index in [2.05, 4.69) is 0 Å². The number of rotatable bonds is 3. The zero-order valence-corrected chi connectivity index (χ0v) is 13.3. The molecule has 0 amide bonds. The van der Waals surface area contributed by atoms with Crippen LogP contribution in [0.25, 0.3) is 5.70 Å². The molecule has 0 radical (unpaired) electrons. The Balaban J connectivity index is 0.000000381. The van der Waals surface area contributed by atoms with E-state index in [1.54, 1.807) is 6.08 Å². The fourth-order valence-electron chi connectivity index (χ4n) is 2.21. The van der Waals surface area contributed by atoms with Gasteiger partial charge in [-0.15, -0.1) is 0 Å². The van der Waals surface area contributed by atoms with Gasteiger partial charge in [-0.2, -0.15) is 4.57 Å². The summed E-state index contributed by atoms with van der Waals surface area (Å²) in [7, 11) is -10.7. The molecule has 0 aromatic carbocycles. The first kappa shape index (κ1) is 20.9. The number of pyridine rings is 1. The molecule has 0 bridgehead atoms. The van der Waals surface area contributed by atoms with Crippen molar-refractivity contribution in [2.75, 3.05) is 0 Å². The average molecular weight is 393 g/mol. The van der Waals surface area contributed by atoms with E-state index in [0.29, 0.717) is 0 Å². The van der Waals surface area contributed by atoms with Crippen LogP contribution in [0.4, 0.5) is 25.2 Å². The molecule has 1 heterocycles. The molecule has 2 rings (SSSR count). The third-order valence-electron chi connectivity index (χ3n) is 3.20. The smallest absolute Gasteiger partial charge is 0.307 e. The van der Waals surface area contributed by atoms with E-state index in [-0.39, 0.29) is 12.8 Å². The van der Waals surface area contributed by atoms with Gasteiger partial charge >= 0.3 is 44.9 Å². The number of hydrogen-bond acceptors (Lipinski definition) is 2. The van der Waals surface area contributed by atoms with Gasteiger partial charge in [-0.05, 0) is 12.5 Å². The fraction of sp³-hybridized carbons (Fsp3) is 0.308. The van der Waals surface area contributed by atoms with Crippen molar-refractivity contribution in [2.24, 2.45) is 11.8 Å². The van der Waals surface area contributed by atoms with Gasteiger partial charge in [-0.25, -0.2) is 0 Å². The van der Waals surface area contributed by atoms with Gasteiger partial charge in [-0.3, -0.25) is 9.59 Å². The van der Waals surface area contributed by atoms with E-state index in [1.165, 1.54) is 0 Å². The van der Waals surface area contributed by atoms with Crippen LogP contribution in [0.1, 0.15) is 12.8 Å². The van der Waals surface area contributed by atoms with Crippen LogP contribution in [-0.4, -0.2) is 22.2 Å². The van der Waals surface area contributed by atoms with Crippen LogP contribution in [0, 0.1) is 11.8 Å². The van der Waals surface area contributed by atoms with Crippen molar-refractivity contribution >= 4 is 25.4 Å². The average Bonchev–Trinajstić information content (AvgIpc) is 2.44. The molecule has 0 saturated carbocycles. The summed E-state index contributed by atoms with van der Waals surface area (Å²) in [6, 6.07) is 5.56. The molecule has 0 aliphatic heterocycles. The Morgan fingerprint density at radius 1 is 0.920 bits per heavy atom. The van der Waals surface area contributed by atoms with Gasteiger partial charge in [0.25, 0.3) is 0 Å². The molecule has 12 heteroatoms. The largest absolute Gasteiger partial charge is 0.481 e. The molecule has 1 aromatic rings. The summed E-state index contributed by atoms with van der Waals surface area (Å²) in [4.78, 5) is 22.2. The Morgan fingerprint density at radius 3 is 1.76 bits per heavy atom. The van der Waals surface area contributed by atoms with Gasteiger partial charge in [0, 0.05) is 18.6 Å². The van der Waals surface area contributed by atoms with Gasteiger partial charge < -0.3 is 10.2 Å². The first-order valence-corrected chi connectivity index (χ1v) is 8.75. The minimum atomic E-state index is -10.7. The summed E-state index contributed by atoms with van der Waals surface area (Å²) in [6.07, 6.45) is 5.94. The molecule has 1 aromatic heterocycles. The maximum Gasteiger partial charge on any atom is 0.307 e. The minimum Gasteiger partial charge on any atom is -0.481 e. The monoisotopic (exact) mass is 393 g/mol. The molecular weight excluding hydrogens is 379 g/mol. The molecule has 5 nitrogen and oxygen atoms in total. The number of allylic oxidation sites excluding steroid dienone is 2. The first-order chi connectivity index (χ1) is 11.0. The van der Waals surface area contributed by atoms with Gasteiger partial charge in [0.15, 0.2) is 18.1 Å². The number of carboxylic acids is 2. The van der Waals surface area contributed by atoms with Crippen LogP contribution in [-0.2, 0) is 9.59 Å². The Morgan fingerprint density at radius 2 is 1.36 bits per heavy atom. The number of hydrogen-bond donors (Lipinski definition) is 2. The Labute approximate surface area is 137 Å². The Kier molecular flexibility index (Phi) is 5.25. The third-order valence-corrected chi connectivity index (χ3v) is 3.20. The number of halogens is 6. The number of nitrogens with zero attached hydrogens (tertiary/aromatic N) is 1. The predicted octanol–water partition coefficient (Wildman–Crippen LogP) is 4.39. The second-order valence-corrected chi connectivity index (χ2v) is 7.18. The predicted molar refractivity (Wildman–Crippen MR) is 76.0 cm³/mol. The summed E-state index contributed by atoms with van der Waals surface area (Å²) < 4.78 is 61.0. The van der Waals surface area contributed by atoms with E-state index in [9.17, 15) is 34.8 Å². The second-order valence-electron chi connectivity index (χ2n) is 5.27. The Hall–Kier alpha value is -2.16. The van der Waals surface area contributed by atoms with E-state index < -0.39 is 31.6 Å². The Bertz CT molecular complexity index is 678. The van der Waals surface area contributed by atoms with Crippen molar-refractivity contribution < 1.29 is 49.6 Å². The van der Waals surface area contributed by atoms with Crippen LogP contribution >= 0.6 is 7.81 Å². The molecule has 0 spiro atoms. The molecule has 0 saturated heterocycles. The molecule has 0 unspecified atom stereocenters. The normalized spacial score (nSPS) is 23.2. The minimum absolute atomic E-state index is 0.237. The quantitative estimate of drug-likeness (QED) is 0.454. The third kappa shape index (κ3) is 9.04. The van der Waals surface area contributed by atoms with E-state index in [1.807, 2.05) is 35.2 Å². The van der Waals surface area contributed by atoms with Crippen molar-refractivity contribution in [1.82, 2.24) is 0 Å². The van der Waals surface area contributed by atoms with Gasteiger partial charge in [0.05, 0.1) is 11.8 Å².